The van der Waals surface area contributed by atoms with Crippen molar-refractivity contribution in [1.82, 2.24) is 0 Å². The summed E-state index contributed by atoms with van der Waals surface area (Å²) in [7, 11) is 1.58. The number of hydrogen-bond donors (Lipinski definition) is 1. The highest BCUT2D eigenvalue weighted by atomic mass is 16.5. The van der Waals surface area contributed by atoms with E-state index in [9.17, 15) is 9.90 Å². The number of rotatable bonds is 6. The van der Waals surface area contributed by atoms with Gasteiger partial charge in [-0.2, -0.15) is 0 Å². The molecule has 4 aromatic rings. The number of phenolic OH excluding ortho intramolecular Hbond substituents is 1. The van der Waals surface area contributed by atoms with E-state index < -0.39 is 0 Å². The van der Waals surface area contributed by atoms with Gasteiger partial charge in [-0.25, -0.2) is 0 Å². The maximum atomic E-state index is 12.9. The summed E-state index contributed by atoms with van der Waals surface area (Å²) in [5.74, 6) is 0.923. The van der Waals surface area contributed by atoms with Gasteiger partial charge in [0.2, 0.25) is 5.43 Å². The van der Waals surface area contributed by atoms with Crippen molar-refractivity contribution in [2.75, 3.05) is 13.7 Å². The molecule has 4 rings (SSSR count). The Bertz CT molecular complexity index is 1240. The summed E-state index contributed by atoms with van der Waals surface area (Å²) >= 11 is 0. The van der Waals surface area contributed by atoms with E-state index in [0.29, 0.717) is 29.2 Å². The van der Waals surface area contributed by atoms with E-state index in [0.717, 1.165) is 5.56 Å². The summed E-state index contributed by atoms with van der Waals surface area (Å²) in [6.07, 6.45) is 5.21. The van der Waals surface area contributed by atoms with Crippen molar-refractivity contribution >= 4 is 17.0 Å². The Hall–Kier alpha value is -3.99. The summed E-state index contributed by atoms with van der Waals surface area (Å²) in [5.41, 5.74) is 2.06. The smallest absolute Gasteiger partial charge is 0.204 e. The zero-order valence-electron chi connectivity index (χ0n) is 16.4. The molecule has 0 aliphatic heterocycles. The van der Waals surface area contributed by atoms with Crippen LogP contribution in [0.4, 0.5) is 0 Å². The number of phenols is 1. The third-order valence-corrected chi connectivity index (χ3v) is 4.69. The van der Waals surface area contributed by atoms with Gasteiger partial charge in [0.15, 0.2) is 0 Å². The highest BCUT2D eigenvalue weighted by Gasteiger charge is 2.14. The van der Waals surface area contributed by atoms with Crippen molar-refractivity contribution in [2.24, 2.45) is 0 Å². The van der Waals surface area contributed by atoms with Gasteiger partial charge in [-0.05, 0) is 29.3 Å². The average Bonchev–Trinajstić information content (AvgIpc) is 2.77. The molecule has 1 N–H and O–H groups in total. The van der Waals surface area contributed by atoms with Crippen molar-refractivity contribution in [1.29, 1.82) is 0 Å². The van der Waals surface area contributed by atoms with Crippen LogP contribution in [0.15, 0.2) is 88.3 Å². The Labute approximate surface area is 173 Å². The third kappa shape index (κ3) is 4.05. The number of fused-ring (bicyclic) bond motifs is 1. The van der Waals surface area contributed by atoms with Gasteiger partial charge in [-0.15, -0.1) is 0 Å². The molecular formula is C25H20O5. The van der Waals surface area contributed by atoms with Crippen LogP contribution in [0.5, 0.6) is 17.2 Å². The first-order valence-electron chi connectivity index (χ1n) is 9.43. The minimum Gasteiger partial charge on any atom is -0.507 e. The summed E-state index contributed by atoms with van der Waals surface area (Å²) in [4.78, 5) is 12.9. The summed E-state index contributed by atoms with van der Waals surface area (Å²) < 4.78 is 16.5. The molecule has 0 saturated heterocycles. The first-order valence-corrected chi connectivity index (χ1v) is 9.43. The zero-order valence-corrected chi connectivity index (χ0v) is 16.4. The maximum absolute atomic E-state index is 12.9. The molecule has 150 valence electrons. The second-order valence-electron chi connectivity index (χ2n) is 6.65. The number of benzene rings is 3. The van der Waals surface area contributed by atoms with Crippen LogP contribution < -0.4 is 14.9 Å². The fourth-order valence-corrected chi connectivity index (χ4v) is 3.15. The van der Waals surface area contributed by atoms with E-state index in [4.69, 9.17) is 13.9 Å². The molecule has 0 bridgehead atoms. The standard InChI is InChI=1S/C25H20O5/c1-28-19-11-9-18(10-12-19)21-16-30-23-15-20(14-22(26)24(23)25(21)27)29-13-5-8-17-6-3-2-4-7-17/h2-12,14-16,26H,13H2,1H3. The van der Waals surface area contributed by atoms with Crippen LogP contribution in [0, 0.1) is 0 Å². The van der Waals surface area contributed by atoms with Crippen molar-refractivity contribution in [2.45, 2.75) is 0 Å². The molecule has 0 fully saturated rings. The second kappa shape index (κ2) is 8.57. The molecule has 0 atom stereocenters. The lowest BCUT2D eigenvalue weighted by molar-refractivity contribution is 0.360. The Kier molecular flexibility index (Phi) is 5.52. The van der Waals surface area contributed by atoms with Crippen LogP contribution in [0.1, 0.15) is 5.56 Å². The maximum Gasteiger partial charge on any atom is 0.204 e. The number of aromatic hydroxyl groups is 1. The third-order valence-electron chi connectivity index (χ3n) is 4.69. The number of ether oxygens (including phenoxy) is 2. The van der Waals surface area contributed by atoms with Crippen LogP contribution in [0.25, 0.3) is 28.2 Å². The average molecular weight is 400 g/mol. The van der Waals surface area contributed by atoms with Crippen LogP contribution in [-0.2, 0) is 0 Å². The molecule has 0 saturated carbocycles. The minimum absolute atomic E-state index is 0.121. The molecule has 30 heavy (non-hydrogen) atoms. The van der Waals surface area contributed by atoms with Crippen LogP contribution in [0.3, 0.4) is 0 Å². The molecule has 5 heteroatoms. The van der Waals surface area contributed by atoms with Gasteiger partial charge in [0, 0.05) is 12.1 Å². The quantitative estimate of drug-likeness (QED) is 0.478. The highest BCUT2D eigenvalue weighted by molar-refractivity contribution is 5.88. The van der Waals surface area contributed by atoms with E-state index in [-0.39, 0.29) is 22.1 Å². The van der Waals surface area contributed by atoms with Gasteiger partial charge in [0.05, 0.1) is 12.7 Å². The van der Waals surface area contributed by atoms with Gasteiger partial charge in [0.1, 0.15) is 41.1 Å². The van der Waals surface area contributed by atoms with E-state index in [1.54, 1.807) is 37.4 Å². The summed E-state index contributed by atoms with van der Waals surface area (Å²) in [6.45, 7) is 0.313. The second-order valence-corrected chi connectivity index (χ2v) is 6.65. The molecule has 0 aliphatic carbocycles. The monoisotopic (exact) mass is 400 g/mol. The topological polar surface area (TPSA) is 68.9 Å². The Morgan fingerprint density at radius 3 is 2.50 bits per heavy atom. The van der Waals surface area contributed by atoms with Crippen LogP contribution >= 0.6 is 0 Å². The SMILES string of the molecule is COc1ccc(-c2coc3cc(OCC=Cc4ccccc4)cc(O)c3c2=O)cc1. The summed E-state index contributed by atoms with van der Waals surface area (Å²) in [5, 5.41) is 10.6. The van der Waals surface area contributed by atoms with Gasteiger partial charge in [-0.3, -0.25) is 4.79 Å². The largest absolute Gasteiger partial charge is 0.507 e. The molecule has 0 amide bonds. The molecule has 0 aliphatic rings. The normalized spacial score (nSPS) is 11.1. The molecule has 1 heterocycles. The van der Waals surface area contributed by atoms with Gasteiger partial charge in [0.25, 0.3) is 0 Å². The molecule has 0 spiro atoms. The lowest BCUT2D eigenvalue weighted by Gasteiger charge is -2.08. The molecule has 1 aromatic heterocycles. The zero-order chi connectivity index (χ0) is 20.9. The molecule has 3 aromatic carbocycles. The van der Waals surface area contributed by atoms with Crippen LogP contribution in [0.2, 0.25) is 0 Å². The van der Waals surface area contributed by atoms with E-state index in [2.05, 4.69) is 0 Å². The predicted octanol–water partition coefficient (Wildman–Crippen LogP) is 5.27. The molecule has 0 unspecified atom stereocenters. The van der Waals surface area contributed by atoms with Crippen molar-refractivity contribution in [3.63, 3.8) is 0 Å². The summed E-state index contributed by atoms with van der Waals surface area (Å²) in [6, 6.07) is 20.0. The molecule has 0 radical (unpaired) electrons. The Morgan fingerprint density at radius 2 is 1.77 bits per heavy atom. The van der Waals surface area contributed by atoms with Crippen molar-refractivity contribution < 1.29 is 19.0 Å². The first-order chi connectivity index (χ1) is 14.7. The van der Waals surface area contributed by atoms with Gasteiger partial charge < -0.3 is 19.0 Å². The lowest BCUT2D eigenvalue weighted by Crippen LogP contribution is -2.05. The van der Waals surface area contributed by atoms with Gasteiger partial charge in [-0.1, -0.05) is 48.5 Å². The van der Waals surface area contributed by atoms with E-state index >= 15 is 0 Å². The lowest BCUT2D eigenvalue weighted by atomic mass is 10.0. The molecular weight excluding hydrogens is 380 g/mol. The first kappa shape index (κ1) is 19.3. The Balaban J connectivity index is 1.58. The van der Waals surface area contributed by atoms with E-state index in [1.807, 2.05) is 42.5 Å². The minimum atomic E-state index is -0.311. The van der Waals surface area contributed by atoms with Gasteiger partial charge >= 0.3 is 0 Å². The van der Waals surface area contributed by atoms with E-state index in [1.165, 1.54) is 12.3 Å². The predicted molar refractivity (Wildman–Crippen MR) is 117 cm³/mol. The number of hydrogen-bond acceptors (Lipinski definition) is 5. The molecule has 5 nitrogen and oxygen atoms in total. The fourth-order valence-electron chi connectivity index (χ4n) is 3.15. The van der Waals surface area contributed by atoms with Crippen molar-refractivity contribution in [3.8, 4) is 28.4 Å². The number of methoxy groups -OCH3 is 1. The highest BCUT2D eigenvalue weighted by Crippen LogP contribution is 2.30. The Morgan fingerprint density at radius 1 is 1.00 bits per heavy atom. The van der Waals surface area contributed by atoms with Crippen molar-refractivity contribution in [3.05, 3.63) is 94.9 Å². The van der Waals surface area contributed by atoms with Crippen LogP contribution in [-0.4, -0.2) is 18.8 Å². The fraction of sp³-hybridized carbons (Fsp3) is 0.0800.